The van der Waals surface area contributed by atoms with Crippen LogP contribution in [0.3, 0.4) is 0 Å². The van der Waals surface area contributed by atoms with Crippen molar-refractivity contribution in [2.75, 3.05) is 33.3 Å². The number of ether oxygens (including phenoxy) is 1. The molecular weight excluding hydrogens is 384 g/mol. The Kier molecular flexibility index (Phi) is 6.19. The second kappa shape index (κ2) is 8.85. The van der Waals surface area contributed by atoms with Gasteiger partial charge in [0.15, 0.2) is 6.39 Å². The molecule has 0 N–H and O–H groups in total. The Bertz CT molecular complexity index is 861. The van der Waals surface area contributed by atoms with Crippen LogP contribution in [0.25, 0.3) is 0 Å². The molecule has 2 aliphatic rings. The summed E-state index contributed by atoms with van der Waals surface area (Å²) in [5.74, 6) is 1.14. The summed E-state index contributed by atoms with van der Waals surface area (Å²) < 4.78 is 13.2. The van der Waals surface area contributed by atoms with Gasteiger partial charge in [-0.15, -0.1) is 5.10 Å². The molecule has 3 heterocycles. The first-order valence-corrected chi connectivity index (χ1v) is 10.9. The van der Waals surface area contributed by atoms with Gasteiger partial charge in [0, 0.05) is 26.7 Å². The van der Waals surface area contributed by atoms with Gasteiger partial charge in [0.2, 0.25) is 5.76 Å². The summed E-state index contributed by atoms with van der Waals surface area (Å²) in [5.41, 5.74) is 1.63. The molecule has 0 unspecified atom stereocenters. The largest absolute Gasteiger partial charge is 0.438 e. The van der Waals surface area contributed by atoms with Gasteiger partial charge in [0.25, 0.3) is 5.91 Å². The smallest absolute Gasteiger partial charge is 0.291 e. The molecule has 0 aromatic carbocycles. The third-order valence-corrected chi connectivity index (χ3v) is 6.79. The number of rotatable bonds is 7. The Morgan fingerprint density at radius 2 is 2.00 bits per heavy atom. The number of oxazole rings is 1. The van der Waals surface area contributed by atoms with E-state index in [-0.39, 0.29) is 18.1 Å². The maximum Gasteiger partial charge on any atom is 0.291 e. The Labute approximate surface area is 177 Å². The number of likely N-dealkylation sites (tertiary alicyclic amines) is 1. The Hall–Kier alpha value is -2.26. The lowest BCUT2D eigenvalue weighted by atomic mass is 9.77. The van der Waals surface area contributed by atoms with Crippen LogP contribution in [0.2, 0.25) is 0 Å². The first kappa shape index (κ1) is 21.0. The van der Waals surface area contributed by atoms with Gasteiger partial charge in [-0.05, 0) is 44.7 Å². The fourth-order valence-electron chi connectivity index (χ4n) is 4.96. The Balaban J connectivity index is 1.46. The quantitative estimate of drug-likeness (QED) is 0.683. The lowest BCUT2D eigenvalue weighted by Gasteiger charge is -2.36. The van der Waals surface area contributed by atoms with Crippen LogP contribution in [-0.2, 0) is 11.3 Å². The zero-order chi connectivity index (χ0) is 21.3. The molecule has 0 radical (unpaired) electrons. The number of hydrogen-bond donors (Lipinski definition) is 0. The van der Waals surface area contributed by atoms with E-state index in [9.17, 15) is 4.79 Å². The maximum atomic E-state index is 12.9. The molecule has 1 aliphatic heterocycles. The van der Waals surface area contributed by atoms with Crippen LogP contribution in [0.5, 0.6) is 0 Å². The molecule has 0 bridgehead atoms. The van der Waals surface area contributed by atoms with Gasteiger partial charge in [0.05, 0.1) is 29.7 Å². The topological polar surface area (TPSA) is 89.5 Å². The van der Waals surface area contributed by atoms with Crippen molar-refractivity contribution >= 4 is 5.91 Å². The molecule has 30 heavy (non-hydrogen) atoms. The summed E-state index contributed by atoms with van der Waals surface area (Å²) in [5, 5.41) is 8.84. The molecule has 2 fully saturated rings. The van der Waals surface area contributed by atoms with E-state index in [1.807, 2.05) is 9.58 Å². The van der Waals surface area contributed by atoms with Crippen LogP contribution in [0.4, 0.5) is 0 Å². The minimum Gasteiger partial charge on any atom is -0.438 e. The monoisotopic (exact) mass is 416 g/mol. The van der Waals surface area contributed by atoms with Gasteiger partial charge in [-0.3, -0.25) is 9.69 Å². The highest BCUT2D eigenvalue weighted by molar-refractivity contribution is 5.92. The third-order valence-electron chi connectivity index (χ3n) is 6.79. The van der Waals surface area contributed by atoms with Crippen molar-refractivity contribution in [2.24, 2.45) is 11.8 Å². The average molecular weight is 417 g/mol. The second-order valence-corrected chi connectivity index (χ2v) is 8.46. The number of aromatic nitrogens is 4. The van der Waals surface area contributed by atoms with Crippen LogP contribution >= 0.6 is 0 Å². The van der Waals surface area contributed by atoms with Gasteiger partial charge in [-0.1, -0.05) is 19.1 Å². The summed E-state index contributed by atoms with van der Waals surface area (Å²) >= 11 is 0. The molecule has 4 rings (SSSR count). The van der Waals surface area contributed by atoms with Crippen molar-refractivity contribution < 1.29 is 13.9 Å². The van der Waals surface area contributed by atoms with E-state index in [2.05, 4.69) is 40.2 Å². The van der Waals surface area contributed by atoms with Crippen molar-refractivity contribution in [1.29, 1.82) is 0 Å². The first-order valence-electron chi connectivity index (χ1n) is 10.9. The zero-order valence-corrected chi connectivity index (χ0v) is 18.3. The number of carbonyl (C=O) groups excluding carboxylic acids is 1. The van der Waals surface area contributed by atoms with Gasteiger partial charge in [-0.25, -0.2) is 9.67 Å². The zero-order valence-electron chi connectivity index (χ0n) is 18.3. The number of carbonyl (C=O) groups is 1. The van der Waals surface area contributed by atoms with Crippen LogP contribution in [0.15, 0.2) is 17.0 Å². The standard InChI is InChI=1S/C21H32N6O3/c1-5-25(6-2)11-17-12-27(24-23-17)18-7-15-9-26(10-16(15)8-19(18)29-4)21(28)20-14(3)22-13-30-20/h12-13,15-16,18-19H,5-11H2,1-4H3/t15-,16+,18-,19-/m1/s1. The normalized spacial score (nSPS) is 26.4. The van der Waals surface area contributed by atoms with E-state index in [4.69, 9.17) is 9.15 Å². The van der Waals surface area contributed by atoms with E-state index >= 15 is 0 Å². The van der Waals surface area contributed by atoms with Gasteiger partial charge in [0.1, 0.15) is 0 Å². The van der Waals surface area contributed by atoms with Crippen molar-refractivity contribution in [3.05, 3.63) is 29.7 Å². The van der Waals surface area contributed by atoms with E-state index in [0.29, 0.717) is 23.3 Å². The lowest BCUT2D eigenvalue weighted by Crippen LogP contribution is -2.37. The fourth-order valence-corrected chi connectivity index (χ4v) is 4.96. The molecule has 4 atom stereocenters. The average Bonchev–Trinajstić information content (AvgIpc) is 3.49. The number of fused-ring (bicyclic) bond motifs is 1. The molecule has 1 amide bonds. The van der Waals surface area contributed by atoms with Gasteiger partial charge >= 0.3 is 0 Å². The van der Waals surface area contributed by atoms with Crippen molar-refractivity contribution in [3.63, 3.8) is 0 Å². The molecule has 1 aliphatic carbocycles. The molecule has 9 heteroatoms. The van der Waals surface area contributed by atoms with Crippen LogP contribution in [-0.4, -0.2) is 75.1 Å². The van der Waals surface area contributed by atoms with Crippen molar-refractivity contribution in [2.45, 2.75) is 52.3 Å². The minimum atomic E-state index is -0.0628. The molecule has 2 aromatic rings. The number of hydrogen-bond acceptors (Lipinski definition) is 7. The molecule has 9 nitrogen and oxygen atoms in total. The maximum absolute atomic E-state index is 12.9. The lowest BCUT2D eigenvalue weighted by molar-refractivity contribution is -0.00547. The predicted molar refractivity (Wildman–Crippen MR) is 110 cm³/mol. The minimum absolute atomic E-state index is 0.0628. The van der Waals surface area contributed by atoms with E-state index < -0.39 is 0 Å². The number of aryl methyl sites for hydroxylation is 1. The molecule has 164 valence electrons. The summed E-state index contributed by atoms with van der Waals surface area (Å²) in [6.45, 7) is 10.4. The summed E-state index contributed by atoms with van der Waals surface area (Å²) in [7, 11) is 1.77. The van der Waals surface area contributed by atoms with Crippen LogP contribution in [0.1, 0.15) is 54.7 Å². The second-order valence-electron chi connectivity index (χ2n) is 8.46. The summed E-state index contributed by atoms with van der Waals surface area (Å²) in [4.78, 5) is 21.2. The molecule has 2 aromatic heterocycles. The van der Waals surface area contributed by atoms with E-state index in [1.165, 1.54) is 6.39 Å². The van der Waals surface area contributed by atoms with Crippen molar-refractivity contribution in [1.82, 2.24) is 29.8 Å². The highest BCUT2D eigenvalue weighted by Gasteiger charge is 2.45. The highest BCUT2D eigenvalue weighted by Crippen LogP contribution is 2.42. The third kappa shape index (κ3) is 4.00. The Morgan fingerprint density at radius 1 is 1.27 bits per heavy atom. The summed E-state index contributed by atoms with van der Waals surface area (Å²) in [6, 6.07) is 0.135. The molecular formula is C21H32N6O3. The number of amides is 1. The SMILES string of the molecule is CCN(CC)Cc1cn([C@@H]2C[C@@H]3CN(C(=O)c4ocnc4C)C[C@@H]3C[C@H]2OC)nn1. The molecule has 1 saturated heterocycles. The highest BCUT2D eigenvalue weighted by atomic mass is 16.5. The predicted octanol–water partition coefficient (Wildman–Crippen LogP) is 2.15. The molecule has 1 saturated carbocycles. The van der Waals surface area contributed by atoms with E-state index in [1.54, 1.807) is 14.0 Å². The summed E-state index contributed by atoms with van der Waals surface area (Å²) in [6.07, 6.45) is 5.30. The first-order chi connectivity index (χ1) is 14.5. The molecule has 0 spiro atoms. The van der Waals surface area contributed by atoms with Gasteiger partial charge in [-0.2, -0.15) is 0 Å². The number of nitrogens with zero attached hydrogens (tertiary/aromatic N) is 6. The van der Waals surface area contributed by atoms with Crippen LogP contribution in [0, 0.1) is 18.8 Å². The van der Waals surface area contributed by atoms with Crippen LogP contribution < -0.4 is 0 Å². The van der Waals surface area contributed by atoms with Gasteiger partial charge < -0.3 is 14.1 Å². The fraction of sp³-hybridized carbons (Fsp3) is 0.714. The van der Waals surface area contributed by atoms with E-state index in [0.717, 1.165) is 51.3 Å². The van der Waals surface area contributed by atoms with Crippen molar-refractivity contribution in [3.8, 4) is 0 Å². The number of methoxy groups -OCH3 is 1. The Morgan fingerprint density at radius 3 is 2.63 bits per heavy atom.